The Kier molecular flexibility index (Phi) is 13.7. The lowest BCUT2D eigenvalue weighted by Gasteiger charge is -2.35. The first-order chi connectivity index (χ1) is 12.3. The minimum atomic E-state index is 0. The van der Waals surface area contributed by atoms with Crippen LogP contribution in [-0.2, 0) is 4.74 Å². The SMILES string of the molecule is CCNC(=NCCCN1CCOCC1)NCCN1CCCCC1CC.I. The van der Waals surface area contributed by atoms with E-state index >= 15 is 0 Å². The monoisotopic (exact) mass is 481 g/mol. The van der Waals surface area contributed by atoms with Crippen molar-refractivity contribution < 1.29 is 4.74 Å². The van der Waals surface area contributed by atoms with Gasteiger partial charge in [0.05, 0.1) is 13.2 Å². The summed E-state index contributed by atoms with van der Waals surface area (Å²) in [4.78, 5) is 9.86. The number of rotatable bonds is 9. The van der Waals surface area contributed by atoms with Gasteiger partial charge in [0.25, 0.3) is 0 Å². The lowest BCUT2D eigenvalue weighted by molar-refractivity contribution is 0.0377. The molecule has 6 nitrogen and oxygen atoms in total. The molecular formula is C19H40IN5O. The molecule has 2 N–H and O–H groups in total. The van der Waals surface area contributed by atoms with Crippen LogP contribution in [0.5, 0.6) is 0 Å². The van der Waals surface area contributed by atoms with Crippen LogP contribution in [0.15, 0.2) is 4.99 Å². The summed E-state index contributed by atoms with van der Waals surface area (Å²) < 4.78 is 5.39. The zero-order valence-electron chi connectivity index (χ0n) is 16.8. The van der Waals surface area contributed by atoms with Gasteiger partial charge in [-0.05, 0) is 39.2 Å². The maximum atomic E-state index is 5.39. The predicted molar refractivity (Wildman–Crippen MR) is 121 cm³/mol. The van der Waals surface area contributed by atoms with Gasteiger partial charge in [-0.2, -0.15) is 0 Å². The van der Waals surface area contributed by atoms with E-state index in [1.807, 2.05) is 0 Å². The number of ether oxygens (including phenoxy) is 1. The fourth-order valence-corrected chi connectivity index (χ4v) is 3.79. The minimum Gasteiger partial charge on any atom is -0.379 e. The van der Waals surface area contributed by atoms with Crippen molar-refractivity contribution in [2.45, 2.75) is 52.0 Å². The van der Waals surface area contributed by atoms with E-state index < -0.39 is 0 Å². The van der Waals surface area contributed by atoms with Gasteiger partial charge in [0.1, 0.15) is 0 Å². The largest absolute Gasteiger partial charge is 0.379 e. The number of piperidine rings is 1. The summed E-state index contributed by atoms with van der Waals surface area (Å²) in [5.74, 6) is 0.967. The third-order valence-corrected chi connectivity index (χ3v) is 5.26. The predicted octanol–water partition coefficient (Wildman–Crippen LogP) is 2.15. The number of likely N-dealkylation sites (tertiary alicyclic amines) is 1. The van der Waals surface area contributed by atoms with Crippen molar-refractivity contribution in [1.82, 2.24) is 20.4 Å². The Balaban J connectivity index is 0.00000338. The summed E-state index contributed by atoms with van der Waals surface area (Å²) in [7, 11) is 0. The van der Waals surface area contributed by atoms with Crippen molar-refractivity contribution >= 4 is 29.9 Å². The van der Waals surface area contributed by atoms with Crippen molar-refractivity contribution in [2.75, 3.05) is 65.6 Å². The number of halogens is 1. The second-order valence-corrected chi connectivity index (χ2v) is 7.09. The average Bonchev–Trinajstić information content (AvgIpc) is 2.66. The first-order valence-corrected chi connectivity index (χ1v) is 10.4. The number of hydrogen-bond donors (Lipinski definition) is 2. The third-order valence-electron chi connectivity index (χ3n) is 5.26. The van der Waals surface area contributed by atoms with E-state index in [0.717, 1.165) is 77.4 Å². The van der Waals surface area contributed by atoms with Crippen LogP contribution in [0.3, 0.4) is 0 Å². The van der Waals surface area contributed by atoms with Crippen LogP contribution >= 0.6 is 24.0 Å². The highest BCUT2D eigenvalue weighted by atomic mass is 127. The lowest BCUT2D eigenvalue weighted by Crippen LogP contribution is -2.46. The van der Waals surface area contributed by atoms with Gasteiger partial charge >= 0.3 is 0 Å². The molecule has 0 aromatic rings. The second kappa shape index (κ2) is 14.9. The molecule has 26 heavy (non-hydrogen) atoms. The first kappa shape index (κ1) is 23.9. The van der Waals surface area contributed by atoms with Crippen molar-refractivity contribution in [3.63, 3.8) is 0 Å². The van der Waals surface area contributed by atoms with Gasteiger partial charge in [-0.3, -0.25) is 14.8 Å². The zero-order chi connectivity index (χ0) is 17.7. The fourth-order valence-electron chi connectivity index (χ4n) is 3.79. The van der Waals surface area contributed by atoms with Crippen LogP contribution in [-0.4, -0.2) is 87.4 Å². The average molecular weight is 481 g/mol. The molecule has 154 valence electrons. The van der Waals surface area contributed by atoms with Crippen LogP contribution in [0, 0.1) is 0 Å². The highest BCUT2D eigenvalue weighted by Crippen LogP contribution is 2.18. The summed E-state index contributed by atoms with van der Waals surface area (Å²) in [5.41, 5.74) is 0. The summed E-state index contributed by atoms with van der Waals surface area (Å²) in [6, 6.07) is 0.781. The van der Waals surface area contributed by atoms with Crippen LogP contribution in [0.2, 0.25) is 0 Å². The molecule has 2 fully saturated rings. The molecule has 0 saturated carbocycles. The molecule has 2 aliphatic rings. The topological polar surface area (TPSA) is 52.1 Å². The summed E-state index contributed by atoms with van der Waals surface area (Å²) >= 11 is 0. The fraction of sp³-hybridized carbons (Fsp3) is 0.947. The van der Waals surface area contributed by atoms with Gasteiger partial charge in [-0.1, -0.05) is 13.3 Å². The third kappa shape index (κ3) is 9.19. The molecule has 2 rings (SSSR count). The van der Waals surface area contributed by atoms with Gasteiger partial charge in [0.15, 0.2) is 5.96 Å². The molecule has 7 heteroatoms. The summed E-state index contributed by atoms with van der Waals surface area (Å²) in [6.45, 7) is 14.6. The van der Waals surface area contributed by atoms with Crippen LogP contribution in [0.25, 0.3) is 0 Å². The molecule has 0 amide bonds. The van der Waals surface area contributed by atoms with Crippen LogP contribution in [0.4, 0.5) is 0 Å². The van der Waals surface area contributed by atoms with E-state index in [2.05, 4.69) is 34.3 Å². The van der Waals surface area contributed by atoms with E-state index in [-0.39, 0.29) is 24.0 Å². The Morgan fingerprint density at radius 2 is 1.88 bits per heavy atom. The van der Waals surface area contributed by atoms with Gasteiger partial charge in [0.2, 0.25) is 0 Å². The van der Waals surface area contributed by atoms with Gasteiger partial charge in [0, 0.05) is 51.9 Å². The number of morpholine rings is 1. The lowest BCUT2D eigenvalue weighted by atomic mass is 10.0. The molecular weight excluding hydrogens is 441 g/mol. The number of aliphatic imine (C=N–C) groups is 1. The Hall–Kier alpha value is -0.120. The molecule has 0 aromatic carbocycles. The smallest absolute Gasteiger partial charge is 0.191 e. The standard InChI is InChI=1S/C19H39N5O.HI/c1-3-18-8-5-6-12-24(18)13-10-22-19(20-4-2)21-9-7-11-23-14-16-25-17-15-23;/h18H,3-17H2,1-2H3,(H2,20,21,22);1H. The van der Waals surface area contributed by atoms with E-state index in [1.54, 1.807) is 0 Å². The van der Waals surface area contributed by atoms with Crippen molar-refractivity contribution in [3.8, 4) is 0 Å². The zero-order valence-corrected chi connectivity index (χ0v) is 19.2. The van der Waals surface area contributed by atoms with Gasteiger partial charge in [-0.25, -0.2) is 0 Å². The van der Waals surface area contributed by atoms with E-state index in [1.165, 1.54) is 32.2 Å². The molecule has 0 aromatic heterocycles. The maximum Gasteiger partial charge on any atom is 0.191 e. The first-order valence-electron chi connectivity index (χ1n) is 10.4. The molecule has 2 aliphatic heterocycles. The quantitative estimate of drug-likeness (QED) is 0.229. The summed E-state index contributed by atoms with van der Waals surface area (Å²) in [5, 5.41) is 6.89. The molecule has 0 bridgehead atoms. The number of nitrogens with one attached hydrogen (secondary N) is 2. The van der Waals surface area contributed by atoms with Crippen LogP contribution in [0.1, 0.15) is 46.0 Å². The Bertz CT molecular complexity index is 377. The molecule has 0 aliphatic carbocycles. The molecule has 0 radical (unpaired) electrons. The Labute approximate surface area is 177 Å². The summed E-state index contributed by atoms with van der Waals surface area (Å²) in [6.07, 6.45) is 6.50. The Morgan fingerprint density at radius 1 is 1.08 bits per heavy atom. The number of guanidine groups is 1. The van der Waals surface area contributed by atoms with E-state index in [9.17, 15) is 0 Å². The maximum absolute atomic E-state index is 5.39. The molecule has 2 saturated heterocycles. The minimum absolute atomic E-state index is 0. The number of hydrogen-bond acceptors (Lipinski definition) is 4. The van der Waals surface area contributed by atoms with Crippen molar-refractivity contribution in [3.05, 3.63) is 0 Å². The van der Waals surface area contributed by atoms with E-state index in [4.69, 9.17) is 9.73 Å². The Morgan fingerprint density at radius 3 is 2.62 bits per heavy atom. The number of nitrogens with zero attached hydrogens (tertiary/aromatic N) is 3. The second-order valence-electron chi connectivity index (χ2n) is 7.09. The van der Waals surface area contributed by atoms with Gasteiger partial charge in [-0.15, -0.1) is 24.0 Å². The normalized spacial score (nSPS) is 22.7. The van der Waals surface area contributed by atoms with Crippen molar-refractivity contribution in [1.29, 1.82) is 0 Å². The molecule has 2 heterocycles. The molecule has 1 unspecified atom stereocenters. The molecule has 0 spiro atoms. The van der Waals surface area contributed by atoms with Crippen molar-refractivity contribution in [2.24, 2.45) is 4.99 Å². The molecule has 1 atom stereocenters. The van der Waals surface area contributed by atoms with Crippen LogP contribution < -0.4 is 10.6 Å². The highest BCUT2D eigenvalue weighted by molar-refractivity contribution is 14.0. The van der Waals surface area contributed by atoms with E-state index in [0.29, 0.717) is 0 Å². The van der Waals surface area contributed by atoms with Gasteiger partial charge < -0.3 is 15.4 Å². The highest BCUT2D eigenvalue weighted by Gasteiger charge is 2.19.